The van der Waals surface area contributed by atoms with Crippen LogP contribution < -0.4 is 0 Å². The van der Waals surface area contributed by atoms with E-state index < -0.39 is 11.4 Å². The standard InChI is InChI=1S/C12H13FINO2/c1-12(17)5-6-15(7-12)11(16)10-8(13)3-2-4-9(10)14/h2-4,17H,5-7H2,1H3. The van der Waals surface area contributed by atoms with Crippen molar-refractivity contribution in [3.05, 3.63) is 33.1 Å². The Balaban J connectivity index is 2.27. The molecule has 1 N–H and O–H groups in total. The van der Waals surface area contributed by atoms with Crippen LogP contribution in [0.25, 0.3) is 0 Å². The second-order valence-corrected chi connectivity index (χ2v) is 5.73. The third-order valence-electron chi connectivity index (χ3n) is 2.92. The van der Waals surface area contributed by atoms with Crippen molar-refractivity contribution < 1.29 is 14.3 Å². The molecule has 1 atom stereocenters. The molecule has 1 aliphatic rings. The molecule has 3 nitrogen and oxygen atoms in total. The highest BCUT2D eigenvalue weighted by Crippen LogP contribution is 2.24. The Labute approximate surface area is 113 Å². The summed E-state index contributed by atoms with van der Waals surface area (Å²) >= 11 is 1.95. The molecule has 5 heteroatoms. The van der Waals surface area contributed by atoms with Crippen LogP contribution in [0.1, 0.15) is 23.7 Å². The minimum Gasteiger partial charge on any atom is -0.388 e. The highest BCUT2D eigenvalue weighted by molar-refractivity contribution is 14.1. The van der Waals surface area contributed by atoms with E-state index in [0.717, 1.165) is 0 Å². The molecule has 0 aromatic heterocycles. The molecule has 0 saturated carbocycles. The molecule has 17 heavy (non-hydrogen) atoms. The van der Waals surface area contributed by atoms with E-state index in [9.17, 15) is 14.3 Å². The normalized spacial score (nSPS) is 24.1. The first-order valence-electron chi connectivity index (χ1n) is 5.36. The van der Waals surface area contributed by atoms with Crippen LogP contribution in [0.3, 0.4) is 0 Å². The predicted molar refractivity (Wildman–Crippen MR) is 70.3 cm³/mol. The summed E-state index contributed by atoms with van der Waals surface area (Å²) < 4.78 is 14.2. The van der Waals surface area contributed by atoms with Crippen molar-refractivity contribution in [2.75, 3.05) is 13.1 Å². The van der Waals surface area contributed by atoms with Gasteiger partial charge in [-0.1, -0.05) is 6.07 Å². The summed E-state index contributed by atoms with van der Waals surface area (Å²) in [6.45, 7) is 2.42. The summed E-state index contributed by atoms with van der Waals surface area (Å²) in [4.78, 5) is 13.6. The Kier molecular flexibility index (Phi) is 3.40. The largest absolute Gasteiger partial charge is 0.388 e. The first-order valence-corrected chi connectivity index (χ1v) is 6.44. The Morgan fingerprint density at radius 2 is 2.29 bits per heavy atom. The maximum atomic E-state index is 13.6. The lowest BCUT2D eigenvalue weighted by molar-refractivity contribution is 0.0569. The molecule has 1 amide bonds. The van der Waals surface area contributed by atoms with Gasteiger partial charge in [0.25, 0.3) is 5.91 Å². The van der Waals surface area contributed by atoms with Crippen LogP contribution in [-0.2, 0) is 0 Å². The van der Waals surface area contributed by atoms with E-state index in [1.54, 1.807) is 19.1 Å². The van der Waals surface area contributed by atoms with E-state index in [2.05, 4.69) is 0 Å². The summed E-state index contributed by atoms with van der Waals surface area (Å²) in [5, 5.41) is 9.81. The first kappa shape index (κ1) is 12.8. The second-order valence-electron chi connectivity index (χ2n) is 4.57. The van der Waals surface area contributed by atoms with Crippen LogP contribution in [0, 0.1) is 9.39 Å². The van der Waals surface area contributed by atoms with Gasteiger partial charge < -0.3 is 10.0 Å². The predicted octanol–water partition coefficient (Wildman–Crippen LogP) is 2.03. The molecule has 1 aliphatic heterocycles. The van der Waals surface area contributed by atoms with Gasteiger partial charge in [-0.15, -0.1) is 0 Å². The molecule has 2 rings (SSSR count). The molecule has 1 fully saturated rings. The summed E-state index contributed by atoms with van der Waals surface area (Å²) in [6.07, 6.45) is 0.532. The Morgan fingerprint density at radius 1 is 1.59 bits per heavy atom. The highest BCUT2D eigenvalue weighted by Gasteiger charge is 2.35. The molecule has 0 radical (unpaired) electrons. The second kappa shape index (κ2) is 4.53. The van der Waals surface area contributed by atoms with Crippen LogP contribution in [0.5, 0.6) is 0 Å². The fraction of sp³-hybridized carbons (Fsp3) is 0.417. The lowest BCUT2D eigenvalue weighted by Gasteiger charge is -2.19. The molecule has 0 bridgehead atoms. The van der Waals surface area contributed by atoms with Gasteiger partial charge in [-0.3, -0.25) is 4.79 Å². The number of amides is 1. The smallest absolute Gasteiger partial charge is 0.258 e. The van der Waals surface area contributed by atoms with Crippen molar-refractivity contribution in [1.29, 1.82) is 0 Å². The van der Waals surface area contributed by atoms with Gasteiger partial charge >= 0.3 is 0 Å². The average molecular weight is 349 g/mol. The topological polar surface area (TPSA) is 40.5 Å². The van der Waals surface area contributed by atoms with E-state index in [1.165, 1.54) is 11.0 Å². The molecule has 0 aliphatic carbocycles. The fourth-order valence-corrected chi connectivity index (χ4v) is 2.67. The van der Waals surface area contributed by atoms with Crippen LogP contribution in [0.15, 0.2) is 18.2 Å². The summed E-state index contributed by atoms with van der Waals surface area (Å²) in [5.41, 5.74) is -0.752. The van der Waals surface area contributed by atoms with Crippen molar-refractivity contribution >= 4 is 28.5 Å². The van der Waals surface area contributed by atoms with Crippen molar-refractivity contribution in [3.63, 3.8) is 0 Å². The van der Waals surface area contributed by atoms with Gasteiger partial charge in [0.2, 0.25) is 0 Å². The summed E-state index contributed by atoms with van der Waals surface area (Å²) in [7, 11) is 0. The minimum absolute atomic E-state index is 0.103. The fourth-order valence-electron chi connectivity index (χ4n) is 1.98. The average Bonchev–Trinajstić information content (AvgIpc) is 2.58. The number of β-amino-alcohol motifs (C(OH)–C–C–N with tert-alkyl or cyclic N) is 1. The lowest BCUT2D eigenvalue weighted by Crippen LogP contribution is -2.34. The van der Waals surface area contributed by atoms with Crippen molar-refractivity contribution in [2.24, 2.45) is 0 Å². The van der Waals surface area contributed by atoms with Gasteiger partial charge in [0, 0.05) is 16.7 Å². The van der Waals surface area contributed by atoms with Gasteiger partial charge in [0.15, 0.2) is 0 Å². The number of hydrogen-bond acceptors (Lipinski definition) is 2. The first-order chi connectivity index (χ1) is 7.91. The number of benzene rings is 1. The molecule has 1 heterocycles. The van der Waals surface area contributed by atoms with E-state index in [4.69, 9.17) is 0 Å². The minimum atomic E-state index is -0.855. The number of hydrogen-bond donors (Lipinski definition) is 1. The molecule has 1 aromatic rings. The van der Waals surface area contributed by atoms with Gasteiger partial charge in [-0.05, 0) is 48.1 Å². The Hall–Kier alpha value is -0.690. The van der Waals surface area contributed by atoms with Crippen molar-refractivity contribution in [1.82, 2.24) is 4.90 Å². The van der Waals surface area contributed by atoms with Gasteiger partial charge in [0.1, 0.15) is 5.82 Å². The van der Waals surface area contributed by atoms with Crippen molar-refractivity contribution in [2.45, 2.75) is 18.9 Å². The summed E-state index contributed by atoms with van der Waals surface area (Å²) in [5.74, 6) is -0.848. The maximum Gasteiger partial charge on any atom is 0.258 e. The molecule has 1 aromatic carbocycles. The van der Waals surface area contributed by atoms with Crippen LogP contribution >= 0.6 is 22.6 Å². The van der Waals surface area contributed by atoms with Crippen LogP contribution in [0.4, 0.5) is 4.39 Å². The van der Waals surface area contributed by atoms with Gasteiger partial charge in [-0.2, -0.15) is 0 Å². The molecule has 1 unspecified atom stereocenters. The molecular formula is C12H13FINO2. The van der Waals surface area contributed by atoms with Crippen LogP contribution in [0.2, 0.25) is 0 Å². The molecule has 92 valence electrons. The van der Waals surface area contributed by atoms with Crippen molar-refractivity contribution in [3.8, 4) is 0 Å². The highest BCUT2D eigenvalue weighted by atomic mass is 127. The Bertz CT molecular complexity index is 442. The van der Waals surface area contributed by atoms with E-state index in [-0.39, 0.29) is 18.0 Å². The quantitative estimate of drug-likeness (QED) is 0.789. The number of likely N-dealkylation sites (tertiary alicyclic amines) is 1. The maximum absolute atomic E-state index is 13.6. The third-order valence-corrected chi connectivity index (χ3v) is 3.81. The van der Waals surface area contributed by atoms with E-state index >= 15 is 0 Å². The van der Waals surface area contributed by atoms with Gasteiger partial charge in [0.05, 0.1) is 11.2 Å². The van der Waals surface area contributed by atoms with E-state index in [0.29, 0.717) is 16.5 Å². The number of halogens is 2. The number of aliphatic hydroxyl groups is 1. The number of carbonyl (C=O) groups is 1. The monoisotopic (exact) mass is 349 g/mol. The SMILES string of the molecule is CC1(O)CCN(C(=O)c2c(F)cccc2I)C1. The number of nitrogens with zero attached hydrogens (tertiary/aromatic N) is 1. The number of carbonyl (C=O) groups excluding carboxylic acids is 1. The van der Waals surface area contributed by atoms with E-state index in [1.807, 2.05) is 22.6 Å². The zero-order valence-corrected chi connectivity index (χ0v) is 11.6. The lowest BCUT2D eigenvalue weighted by atomic mass is 10.1. The summed E-state index contributed by atoms with van der Waals surface area (Å²) in [6, 6.07) is 4.56. The Morgan fingerprint density at radius 3 is 2.82 bits per heavy atom. The third kappa shape index (κ3) is 2.60. The van der Waals surface area contributed by atoms with Gasteiger partial charge in [-0.25, -0.2) is 4.39 Å². The molecular weight excluding hydrogens is 336 g/mol. The molecule has 1 saturated heterocycles. The molecule has 0 spiro atoms. The number of rotatable bonds is 1. The zero-order chi connectivity index (χ0) is 12.6. The van der Waals surface area contributed by atoms with Crippen LogP contribution in [-0.4, -0.2) is 34.6 Å². The zero-order valence-electron chi connectivity index (χ0n) is 9.41.